The number of aryl methyl sites for hydroxylation is 1. The average molecular weight is 424 g/mol. The fraction of sp³-hybridized carbons (Fsp3) is 0.333. The van der Waals surface area contributed by atoms with E-state index in [2.05, 4.69) is 0 Å². The molecule has 162 valence electrons. The predicted octanol–water partition coefficient (Wildman–Crippen LogP) is 4.12. The number of hydrogen-bond donors (Lipinski definition) is 0. The highest BCUT2D eigenvalue weighted by atomic mass is 16.6. The maximum atomic E-state index is 13.2. The van der Waals surface area contributed by atoms with Crippen molar-refractivity contribution in [1.82, 2.24) is 0 Å². The summed E-state index contributed by atoms with van der Waals surface area (Å²) < 4.78 is 27.8. The fourth-order valence-electron chi connectivity index (χ4n) is 3.50. The van der Waals surface area contributed by atoms with E-state index >= 15 is 0 Å². The van der Waals surface area contributed by atoms with E-state index in [1.165, 1.54) is 6.26 Å². The number of carbonyl (C=O) groups is 1. The summed E-state index contributed by atoms with van der Waals surface area (Å²) in [4.78, 5) is 25.2. The molecule has 3 aromatic rings. The third kappa shape index (κ3) is 4.08. The maximum Gasteiger partial charge on any atom is 0.347 e. The van der Waals surface area contributed by atoms with Gasteiger partial charge in [0.15, 0.2) is 17.6 Å². The highest BCUT2D eigenvalue weighted by Crippen LogP contribution is 2.34. The summed E-state index contributed by atoms with van der Waals surface area (Å²) in [6.07, 6.45) is 1.28. The summed E-state index contributed by atoms with van der Waals surface area (Å²) in [7, 11) is 0. The zero-order valence-corrected chi connectivity index (χ0v) is 17.7. The normalized spacial score (nSPS) is 13.6. The Morgan fingerprint density at radius 1 is 1.10 bits per heavy atom. The molecule has 0 fully saturated rings. The zero-order chi connectivity index (χ0) is 22.0. The highest BCUT2D eigenvalue weighted by Gasteiger charge is 2.20. The molecule has 0 bridgehead atoms. The molecule has 7 heteroatoms. The van der Waals surface area contributed by atoms with Gasteiger partial charge in [0.2, 0.25) is 5.43 Å². The lowest BCUT2D eigenvalue weighted by Crippen LogP contribution is -2.26. The molecule has 31 heavy (non-hydrogen) atoms. The summed E-state index contributed by atoms with van der Waals surface area (Å²) in [6, 6.07) is 8.80. The van der Waals surface area contributed by atoms with Crippen molar-refractivity contribution in [1.29, 1.82) is 0 Å². The number of benzene rings is 2. The summed E-state index contributed by atoms with van der Waals surface area (Å²) in [5.74, 6) is 1.31. The zero-order valence-electron chi connectivity index (χ0n) is 17.7. The van der Waals surface area contributed by atoms with E-state index in [0.29, 0.717) is 59.0 Å². The van der Waals surface area contributed by atoms with Gasteiger partial charge in [0, 0.05) is 6.07 Å². The van der Waals surface area contributed by atoms with E-state index < -0.39 is 12.1 Å². The van der Waals surface area contributed by atoms with Crippen molar-refractivity contribution >= 4 is 16.9 Å². The topological polar surface area (TPSA) is 84.2 Å². The molecule has 7 nitrogen and oxygen atoms in total. The van der Waals surface area contributed by atoms with Gasteiger partial charge >= 0.3 is 5.97 Å². The van der Waals surface area contributed by atoms with Crippen LogP contribution in [0.3, 0.4) is 0 Å². The Bertz CT molecular complexity index is 1180. The Hall–Kier alpha value is -3.48. The van der Waals surface area contributed by atoms with Crippen LogP contribution >= 0.6 is 0 Å². The Balaban J connectivity index is 1.73. The molecule has 0 amide bonds. The molecule has 2 aromatic carbocycles. The van der Waals surface area contributed by atoms with Crippen molar-refractivity contribution in [3.05, 3.63) is 52.4 Å². The third-order valence-electron chi connectivity index (χ3n) is 5.11. The Labute approximate surface area is 179 Å². The second-order valence-corrected chi connectivity index (χ2v) is 7.16. The molecule has 1 aromatic heterocycles. The lowest BCUT2D eigenvalue weighted by Gasteiger charge is -2.19. The first-order chi connectivity index (χ1) is 15.0. The van der Waals surface area contributed by atoms with Gasteiger partial charge in [-0.25, -0.2) is 4.79 Å². The van der Waals surface area contributed by atoms with Crippen molar-refractivity contribution in [2.45, 2.75) is 33.3 Å². The van der Waals surface area contributed by atoms with Crippen molar-refractivity contribution < 1.29 is 28.2 Å². The van der Waals surface area contributed by atoms with Crippen LogP contribution in [-0.4, -0.2) is 31.9 Å². The predicted molar refractivity (Wildman–Crippen MR) is 115 cm³/mol. The quantitative estimate of drug-likeness (QED) is 0.550. The van der Waals surface area contributed by atoms with Gasteiger partial charge in [-0.1, -0.05) is 13.0 Å². The van der Waals surface area contributed by atoms with Gasteiger partial charge in [-0.3, -0.25) is 4.79 Å². The molecule has 1 atom stereocenters. The van der Waals surface area contributed by atoms with E-state index in [1.54, 1.807) is 38.1 Å². The van der Waals surface area contributed by atoms with Crippen molar-refractivity contribution in [2.24, 2.45) is 0 Å². The first kappa shape index (κ1) is 20.8. The number of fused-ring (bicyclic) bond motifs is 2. The minimum Gasteiger partial charge on any atom is -0.486 e. The van der Waals surface area contributed by atoms with Crippen molar-refractivity contribution in [2.75, 3.05) is 19.8 Å². The van der Waals surface area contributed by atoms with Crippen LogP contribution in [0.5, 0.6) is 17.2 Å². The molecule has 1 unspecified atom stereocenters. The summed E-state index contributed by atoms with van der Waals surface area (Å²) >= 11 is 0. The van der Waals surface area contributed by atoms with Crippen LogP contribution in [0.4, 0.5) is 0 Å². The minimum absolute atomic E-state index is 0.155. The molecule has 1 aliphatic heterocycles. The summed E-state index contributed by atoms with van der Waals surface area (Å²) in [5.41, 5.74) is 2.15. The first-order valence-corrected chi connectivity index (χ1v) is 10.3. The molecule has 0 aliphatic carbocycles. The molecule has 0 N–H and O–H groups in total. The number of hydrogen-bond acceptors (Lipinski definition) is 7. The highest BCUT2D eigenvalue weighted by molar-refractivity contribution is 5.84. The summed E-state index contributed by atoms with van der Waals surface area (Å²) in [6.45, 7) is 6.58. The smallest absolute Gasteiger partial charge is 0.347 e. The largest absolute Gasteiger partial charge is 0.486 e. The van der Waals surface area contributed by atoms with E-state index in [9.17, 15) is 9.59 Å². The minimum atomic E-state index is -0.772. The fourth-order valence-corrected chi connectivity index (χ4v) is 3.50. The number of ether oxygens (including phenoxy) is 4. The van der Waals surface area contributed by atoms with Gasteiger partial charge < -0.3 is 23.4 Å². The average Bonchev–Trinajstić information content (AvgIpc) is 2.79. The number of esters is 1. The third-order valence-corrected chi connectivity index (χ3v) is 5.11. The van der Waals surface area contributed by atoms with Gasteiger partial charge in [-0.15, -0.1) is 0 Å². The lowest BCUT2D eigenvalue weighted by molar-refractivity contribution is -0.150. The van der Waals surface area contributed by atoms with Gasteiger partial charge in [0.1, 0.15) is 30.8 Å². The Kier molecular flexibility index (Phi) is 5.84. The molecule has 0 radical (unpaired) electrons. The van der Waals surface area contributed by atoms with Crippen LogP contribution in [0.1, 0.15) is 26.3 Å². The first-order valence-electron chi connectivity index (χ1n) is 10.3. The van der Waals surface area contributed by atoms with E-state index in [4.69, 9.17) is 23.4 Å². The Morgan fingerprint density at radius 2 is 1.87 bits per heavy atom. The van der Waals surface area contributed by atoms with Gasteiger partial charge in [-0.05, 0) is 49.6 Å². The monoisotopic (exact) mass is 424 g/mol. The number of carbonyl (C=O) groups excluding carboxylic acids is 1. The van der Waals surface area contributed by atoms with Crippen LogP contribution in [0.25, 0.3) is 22.1 Å². The van der Waals surface area contributed by atoms with Crippen LogP contribution in [-0.2, 0) is 16.0 Å². The van der Waals surface area contributed by atoms with Crippen molar-refractivity contribution in [3.63, 3.8) is 0 Å². The molecule has 2 heterocycles. The van der Waals surface area contributed by atoms with Gasteiger partial charge in [0.25, 0.3) is 0 Å². The van der Waals surface area contributed by atoms with Gasteiger partial charge in [-0.2, -0.15) is 0 Å². The molecule has 0 spiro atoms. The van der Waals surface area contributed by atoms with Gasteiger partial charge in [0.05, 0.1) is 17.6 Å². The van der Waals surface area contributed by atoms with Crippen molar-refractivity contribution in [3.8, 4) is 28.4 Å². The lowest BCUT2D eigenvalue weighted by atomic mass is 10.0. The molecule has 1 aliphatic rings. The molecule has 4 rings (SSSR count). The second kappa shape index (κ2) is 8.71. The van der Waals surface area contributed by atoms with E-state index in [0.717, 1.165) is 5.56 Å². The molecular formula is C24H24O7. The van der Waals surface area contributed by atoms with Crippen LogP contribution in [0.2, 0.25) is 0 Å². The Morgan fingerprint density at radius 3 is 2.61 bits per heavy atom. The number of rotatable bonds is 6. The van der Waals surface area contributed by atoms with E-state index in [1.807, 2.05) is 13.0 Å². The second-order valence-electron chi connectivity index (χ2n) is 7.16. The molecular weight excluding hydrogens is 400 g/mol. The summed E-state index contributed by atoms with van der Waals surface area (Å²) in [5, 5.41) is 0.445. The molecule has 0 saturated carbocycles. The SMILES string of the molecule is CCOC(=O)C(C)Oc1cc2occ(-c3ccc4c(c3)OCCO4)c(=O)c2cc1CC. The molecule has 0 saturated heterocycles. The van der Waals surface area contributed by atoms with Crippen LogP contribution in [0.15, 0.2) is 45.8 Å². The van der Waals surface area contributed by atoms with Crippen LogP contribution < -0.4 is 19.6 Å². The standard InChI is InChI=1S/C24H24O7/c1-4-15-10-17-21(12-20(15)31-14(3)24(26)27-5-2)30-13-18(23(17)25)16-6-7-19-22(11-16)29-9-8-28-19/h6-7,10-14H,4-5,8-9H2,1-3H3. The van der Waals surface area contributed by atoms with E-state index in [-0.39, 0.29) is 12.0 Å². The maximum absolute atomic E-state index is 13.2. The van der Waals surface area contributed by atoms with Crippen LogP contribution in [0, 0.1) is 0 Å².